The zero-order valence-corrected chi connectivity index (χ0v) is 18.1. The minimum Gasteiger partial charge on any atom is -0.493 e. The van der Waals surface area contributed by atoms with E-state index in [1.807, 2.05) is 17.5 Å². The lowest BCUT2D eigenvalue weighted by atomic mass is 10.1. The maximum atomic E-state index is 12.8. The quantitative estimate of drug-likeness (QED) is 0.576. The number of methoxy groups -OCH3 is 1. The largest absolute Gasteiger partial charge is 0.493 e. The average Bonchev–Trinajstić information content (AvgIpc) is 3.35. The minimum absolute atomic E-state index is 0.193. The first kappa shape index (κ1) is 21.1. The van der Waals surface area contributed by atoms with Gasteiger partial charge in [-0.1, -0.05) is 6.07 Å². The molecule has 8 nitrogen and oxygen atoms in total. The molecule has 1 N–H and O–H groups in total. The van der Waals surface area contributed by atoms with Crippen molar-refractivity contribution in [1.29, 1.82) is 0 Å². The van der Waals surface area contributed by atoms with Crippen LogP contribution in [0.15, 0.2) is 47.4 Å². The number of amides is 1. The van der Waals surface area contributed by atoms with Gasteiger partial charge in [0.25, 0.3) is 5.91 Å². The van der Waals surface area contributed by atoms with Gasteiger partial charge < -0.3 is 24.4 Å². The molecular formula is C22H24N4O4S. The van der Waals surface area contributed by atoms with Crippen molar-refractivity contribution in [3.63, 3.8) is 0 Å². The van der Waals surface area contributed by atoms with Crippen molar-refractivity contribution in [2.75, 3.05) is 38.3 Å². The van der Waals surface area contributed by atoms with Crippen LogP contribution in [-0.4, -0.2) is 49.3 Å². The van der Waals surface area contributed by atoms with E-state index in [0.717, 1.165) is 30.2 Å². The SMILES string of the molecule is COc1cc(C(=O)NCc2cccnc2N2CCOCC2)ccc1OCc1cscn1. The molecule has 0 unspecified atom stereocenters. The highest BCUT2D eigenvalue weighted by Crippen LogP contribution is 2.29. The highest BCUT2D eigenvalue weighted by Gasteiger charge is 2.17. The van der Waals surface area contributed by atoms with Crippen molar-refractivity contribution in [2.24, 2.45) is 0 Å². The third-order valence-corrected chi connectivity index (χ3v) is 5.54. The summed E-state index contributed by atoms with van der Waals surface area (Å²) in [6, 6.07) is 9.00. The summed E-state index contributed by atoms with van der Waals surface area (Å²) in [5.41, 5.74) is 4.07. The molecule has 9 heteroatoms. The molecule has 2 aromatic heterocycles. The summed E-state index contributed by atoms with van der Waals surface area (Å²) >= 11 is 1.52. The number of nitrogens with one attached hydrogen (secondary N) is 1. The average molecular weight is 441 g/mol. The van der Waals surface area contributed by atoms with Crippen molar-refractivity contribution in [3.05, 3.63) is 64.2 Å². The lowest BCUT2D eigenvalue weighted by molar-refractivity contribution is 0.0950. The number of morpholine rings is 1. The smallest absolute Gasteiger partial charge is 0.251 e. The van der Waals surface area contributed by atoms with Gasteiger partial charge in [0.1, 0.15) is 12.4 Å². The number of nitrogens with zero attached hydrogens (tertiary/aromatic N) is 3. The Bertz CT molecular complexity index is 1010. The van der Waals surface area contributed by atoms with Gasteiger partial charge in [0.2, 0.25) is 0 Å². The Morgan fingerprint density at radius 3 is 2.87 bits per heavy atom. The molecule has 3 heterocycles. The molecule has 0 atom stereocenters. The van der Waals surface area contributed by atoms with E-state index in [4.69, 9.17) is 14.2 Å². The van der Waals surface area contributed by atoms with Crippen molar-refractivity contribution >= 4 is 23.1 Å². The molecule has 3 aromatic rings. The Balaban J connectivity index is 1.41. The summed E-state index contributed by atoms with van der Waals surface area (Å²) in [4.78, 5) is 23.7. The number of carbonyl (C=O) groups excluding carboxylic acids is 1. The van der Waals surface area contributed by atoms with Crippen molar-refractivity contribution < 1.29 is 19.0 Å². The predicted octanol–water partition coefficient (Wildman–Crippen LogP) is 2.89. The fourth-order valence-corrected chi connectivity index (χ4v) is 3.84. The second-order valence-corrected chi connectivity index (χ2v) is 7.62. The zero-order valence-electron chi connectivity index (χ0n) is 17.2. The fourth-order valence-electron chi connectivity index (χ4n) is 3.29. The maximum absolute atomic E-state index is 12.8. The van der Waals surface area contributed by atoms with Crippen molar-refractivity contribution in [3.8, 4) is 11.5 Å². The second-order valence-electron chi connectivity index (χ2n) is 6.90. The number of aromatic nitrogens is 2. The van der Waals surface area contributed by atoms with E-state index >= 15 is 0 Å². The molecule has 1 fully saturated rings. The first-order valence-corrected chi connectivity index (χ1v) is 10.9. The van der Waals surface area contributed by atoms with Gasteiger partial charge in [-0.15, -0.1) is 11.3 Å². The summed E-state index contributed by atoms with van der Waals surface area (Å²) in [6.07, 6.45) is 1.77. The van der Waals surface area contributed by atoms with Crippen LogP contribution in [0.2, 0.25) is 0 Å². The lowest BCUT2D eigenvalue weighted by Gasteiger charge is -2.29. The molecule has 1 saturated heterocycles. The number of thiazole rings is 1. The van der Waals surface area contributed by atoms with Crippen LogP contribution in [0.5, 0.6) is 11.5 Å². The van der Waals surface area contributed by atoms with Gasteiger partial charge in [-0.05, 0) is 24.3 Å². The Kier molecular flexibility index (Phi) is 6.96. The third-order valence-electron chi connectivity index (χ3n) is 4.90. The van der Waals surface area contributed by atoms with E-state index in [2.05, 4.69) is 20.2 Å². The Hall–Kier alpha value is -3.17. The molecule has 1 aliphatic rings. The molecule has 4 rings (SSSR count). The van der Waals surface area contributed by atoms with Gasteiger partial charge in [0.05, 0.1) is 31.5 Å². The zero-order chi connectivity index (χ0) is 21.5. The van der Waals surface area contributed by atoms with Gasteiger partial charge in [0.15, 0.2) is 11.5 Å². The van der Waals surface area contributed by atoms with Gasteiger partial charge in [-0.2, -0.15) is 0 Å². The molecular weight excluding hydrogens is 416 g/mol. The van der Waals surface area contributed by atoms with Gasteiger partial charge in [-0.3, -0.25) is 4.79 Å². The minimum atomic E-state index is -0.193. The number of hydrogen-bond donors (Lipinski definition) is 1. The molecule has 1 amide bonds. The Morgan fingerprint density at radius 2 is 2.10 bits per heavy atom. The van der Waals surface area contributed by atoms with Gasteiger partial charge in [0, 0.05) is 42.3 Å². The number of hydrogen-bond acceptors (Lipinski definition) is 8. The molecule has 0 saturated carbocycles. The number of rotatable bonds is 8. The van der Waals surface area contributed by atoms with E-state index in [0.29, 0.717) is 43.4 Å². The van der Waals surface area contributed by atoms with E-state index in [-0.39, 0.29) is 5.91 Å². The van der Waals surface area contributed by atoms with Crippen LogP contribution >= 0.6 is 11.3 Å². The summed E-state index contributed by atoms with van der Waals surface area (Å²) in [5, 5.41) is 4.91. The second kappa shape index (κ2) is 10.2. The van der Waals surface area contributed by atoms with Gasteiger partial charge >= 0.3 is 0 Å². The molecule has 0 radical (unpaired) electrons. The van der Waals surface area contributed by atoms with Gasteiger partial charge in [-0.25, -0.2) is 9.97 Å². The summed E-state index contributed by atoms with van der Waals surface area (Å²) in [6.45, 7) is 3.66. The fraction of sp³-hybridized carbons (Fsp3) is 0.318. The molecule has 1 aromatic carbocycles. The van der Waals surface area contributed by atoms with Crippen LogP contribution in [-0.2, 0) is 17.9 Å². The first-order chi connectivity index (χ1) is 15.2. The third kappa shape index (κ3) is 5.31. The van der Waals surface area contributed by atoms with Crippen molar-refractivity contribution in [2.45, 2.75) is 13.2 Å². The number of benzene rings is 1. The molecule has 0 aliphatic carbocycles. The molecule has 0 spiro atoms. The highest BCUT2D eigenvalue weighted by molar-refractivity contribution is 7.07. The van der Waals surface area contributed by atoms with E-state index < -0.39 is 0 Å². The molecule has 31 heavy (non-hydrogen) atoms. The van der Waals surface area contributed by atoms with E-state index in [1.165, 1.54) is 11.3 Å². The molecule has 162 valence electrons. The number of anilines is 1. The summed E-state index contributed by atoms with van der Waals surface area (Å²) in [7, 11) is 1.55. The van der Waals surface area contributed by atoms with E-state index in [1.54, 1.807) is 37.0 Å². The van der Waals surface area contributed by atoms with Crippen LogP contribution in [0, 0.1) is 0 Å². The standard InChI is InChI=1S/C22H24N4O4S/c1-28-20-11-16(4-5-19(20)30-13-18-14-31-15-25-18)22(27)24-12-17-3-2-6-23-21(17)26-7-9-29-10-8-26/h2-6,11,14-15H,7-10,12-13H2,1H3,(H,24,27). The molecule has 1 aliphatic heterocycles. The summed E-state index contributed by atoms with van der Waals surface area (Å²) in [5.74, 6) is 1.75. The lowest BCUT2D eigenvalue weighted by Crippen LogP contribution is -2.37. The van der Waals surface area contributed by atoms with Crippen LogP contribution in [0.25, 0.3) is 0 Å². The number of carbonyl (C=O) groups is 1. The monoisotopic (exact) mass is 440 g/mol. The van der Waals surface area contributed by atoms with Crippen LogP contribution < -0.4 is 19.7 Å². The normalized spacial score (nSPS) is 13.6. The maximum Gasteiger partial charge on any atom is 0.251 e. The summed E-state index contributed by atoms with van der Waals surface area (Å²) < 4.78 is 16.6. The Morgan fingerprint density at radius 1 is 1.23 bits per heavy atom. The van der Waals surface area contributed by atoms with Crippen LogP contribution in [0.3, 0.4) is 0 Å². The van der Waals surface area contributed by atoms with E-state index in [9.17, 15) is 4.79 Å². The topological polar surface area (TPSA) is 85.8 Å². The first-order valence-electron chi connectivity index (χ1n) is 9.97. The molecule has 0 bridgehead atoms. The van der Waals surface area contributed by atoms with Crippen LogP contribution in [0.4, 0.5) is 5.82 Å². The predicted molar refractivity (Wildman–Crippen MR) is 118 cm³/mol. The van der Waals surface area contributed by atoms with Crippen LogP contribution in [0.1, 0.15) is 21.6 Å². The number of ether oxygens (including phenoxy) is 3. The van der Waals surface area contributed by atoms with Crippen molar-refractivity contribution in [1.82, 2.24) is 15.3 Å². The highest BCUT2D eigenvalue weighted by atomic mass is 32.1. The number of pyridine rings is 1. The Labute approximate surface area is 184 Å².